The normalized spacial score (nSPS) is 18.6. The molecule has 1 fully saturated rings. The minimum Gasteiger partial charge on any atom is -0.340 e. The van der Waals surface area contributed by atoms with Crippen molar-refractivity contribution in [2.24, 2.45) is 5.92 Å². The zero-order valence-electron chi connectivity index (χ0n) is 17.9. The number of rotatable bonds is 6. The van der Waals surface area contributed by atoms with E-state index < -0.39 is 5.82 Å². The number of nitrogens with zero attached hydrogens (tertiary/aromatic N) is 2. The van der Waals surface area contributed by atoms with E-state index in [9.17, 15) is 18.8 Å². The molecule has 0 saturated carbocycles. The predicted molar refractivity (Wildman–Crippen MR) is 120 cm³/mol. The molecule has 2 heterocycles. The molecule has 4 rings (SSSR count). The molecule has 32 heavy (non-hydrogen) atoms. The first-order chi connectivity index (χ1) is 15.5. The third-order valence-electron chi connectivity index (χ3n) is 6.02. The Morgan fingerprint density at radius 2 is 1.84 bits per heavy atom. The third-order valence-corrected chi connectivity index (χ3v) is 6.02. The lowest BCUT2D eigenvalue weighted by atomic mass is 9.89. The molecular weight excluding hydrogens is 411 g/mol. The Bertz CT molecular complexity index is 1000. The van der Waals surface area contributed by atoms with Gasteiger partial charge in [0.25, 0.3) is 0 Å². The van der Waals surface area contributed by atoms with Crippen LogP contribution in [0.2, 0.25) is 0 Å². The van der Waals surface area contributed by atoms with Gasteiger partial charge in [0.15, 0.2) is 0 Å². The maximum atomic E-state index is 13.2. The van der Waals surface area contributed by atoms with Gasteiger partial charge in [0.05, 0.1) is 6.54 Å². The third kappa shape index (κ3) is 5.50. The van der Waals surface area contributed by atoms with Gasteiger partial charge in [-0.05, 0) is 42.7 Å². The molecule has 2 aromatic rings. The number of fused-ring (bicyclic) bond motifs is 1. The van der Waals surface area contributed by atoms with Crippen molar-refractivity contribution < 1.29 is 18.8 Å². The van der Waals surface area contributed by atoms with Crippen molar-refractivity contribution in [3.05, 3.63) is 59.9 Å². The predicted octanol–water partition coefficient (Wildman–Crippen LogP) is 2.50. The fraction of sp³-hybridized carbons (Fsp3) is 0.375. The first-order valence-electron chi connectivity index (χ1n) is 10.9. The highest BCUT2D eigenvalue weighted by atomic mass is 19.1. The summed E-state index contributed by atoms with van der Waals surface area (Å²) in [5, 5.41) is 5.62. The Morgan fingerprint density at radius 1 is 1.06 bits per heavy atom. The Labute approximate surface area is 186 Å². The Hall–Kier alpha value is -3.26. The average molecular weight is 439 g/mol. The zero-order chi connectivity index (χ0) is 22.5. The minimum absolute atomic E-state index is 0.0226. The molecule has 2 aliphatic rings. The number of hydrogen-bond donors (Lipinski definition) is 2. The van der Waals surface area contributed by atoms with Gasteiger partial charge in [0, 0.05) is 49.9 Å². The number of halogens is 1. The van der Waals surface area contributed by atoms with Crippen LogP contribution in [0.3, 0.4) is 0 Å². The number of carbonyl (C=O) groups excluding carboxylic acids is 3. The van der Waals surface area contributed by atoms with Gasteiger partial charge in [-0.15, -0.1) is 0 Å². The van der Waals surface area contributed by atoms with Crippen LogP contribution in [0.5, 0.6) is 0 Å². The largest absolute Gasteiger partial charge is 0.340 e. The molecule has 0 aliphatic carbocycles. The monoisotopic (exact) mass is 438 g/mol. The summed E-state index contributed by atoms with van der Waals surface area (Å²) in [6, 6.07) is 13.5. The van der Waals surface area contributed by atoms with Gasteiger partial charge in [-0.25, -0.2) is 4.39 Å². The highest BCUT2D eigenvalue weighted by Gasteiger charge is 2.28. The fourth-order valence-corrected chi connectivity index (χ4v) is 4.23. The van der Waals surface area contributed by atoms with Crippen molar-refractivity contribution in [2.45, 2.75) is 19.3 Å². The molecule has 0 aromatic heterocycles. The first kappa shape index (κ1) is 22.0. The second kappa shape index (κ2) is 9.91. The van der Waals surface area contributed by atoms with E-state index in [0.29, 0.717) is 51.1 Å². The number of benzene rings is 2. The summed E-state index contributed by atoms with van der Waals surface area (Å²) in [5.41, 5.74) is 2.39. The van der Waals surface area contributed by atoms with Gasteiger partial charge >= 0.3 is 0 Å². The summed E-state index contributed by atoms with van der Waals surface area (Å²) >= 11 is 0. The molecule has 2 aliphatic heterocycles. The number of amides is 3. The van der Waals surface area contributed by atoms with E-state index in [0.717, 1.165) is 11.3 Å². The average Bonchev–Trinajstić information content (AvgIpc) is 2.78. The molecule has 0 bridgehead atoms. The van der Waals surface area contributed by atoms with Gasteiger partial charge in [-0.3, -0.25) is 19.3 Å². The summed E-state index contributed by atoms with van der Waals surface area (Å²) in [6.07, 6.45) is 1.51. The number of nitrogens with one attached hydrogen (secondary N) is 2. The number of carbonyl (C=O) groups is 3. The Morgan fingerprint density at radius 3 is 2.62 bits per heavy atom. The lowest BCUT2D eigenvalue weighted by Gasteiger charge is -2.34. The van der Waals surface area contributed by atoms with E-state index in [1.807, 2.05) is 29.2 Å². The molecule has 7 nitrogen and oxygen atoms in total. The summed E-state index contributed by atoms with van der Waals surface area (Å²) in [6.45, 7) is 2.48. The lowest BCUT2D eigenvalue weighted by Crippen LogP contribution is -2.50. The zero-order valence-corrected chi connectivity index (χ0v) is 17.9. The maximum absolute atomic E-state index is 13.2. The Kier molecular flexibility index (Phi) is 6.80. The second-order valence-electron chi connectivity index (χ2n) is 8.30. The SMILES string of the molecule is O=C(CN1CCN(C(=O)CC[C@@H]2Cc3ccccc3NC2=O)CC1)Nc1cccc(F)c1. The van der Waals surface area contributed by atoms with Gasteiger partial charge in [0.1, 0.15) is 5.82 Å². The van der Waals surface area contributed by atoms with Crippen LogP contribution in [0.15, 0.2) is 48.5 Å². The van der Waals surface area contributed by atoms with Crippen LogP contribution in [0.25, 0.3) is 0 Å². The van der Waals surface area contributed by atoms with Crippen molar-refractivity contribution in [1.29, 1.82) is 0 Å². The number of para-hydroxylation sites is 1. The second-order valence-corrected chi connectivity index (χ2v) is 8.30. The van der Waals surface area contributed by atoms with Crippen LogP contribution in [0.1, 0.15) is 18.4 Å². The highest BCUT2D eigenvalue weighted by molar-refractivity contribution is 5.96. The maximum Gasteiger partial charge on any atom is 0.238 e. The molecule has 1 atom stereocenters. The first-order valence-corrected chi connectivity index (χ1v) is 10.9. The molecular formula is C24H27FN4O3. The van der Waals surface area contributed by atoms with Crippen molar-refractivity contribution >= 4 is 29.1 Å². The van der Waals surface area contributed by atoms with Crippen molar-refractivity contribution in [3.8, 4) is 0 Å². The van der Waals surface area contributed by atoms with E-state index in [2.05, 4.69) is 10.6 Å². The van der Waals surface area contributed by atoms with Crippen LogP contribution in [0.4, 0.5) is 15.8 Å². The number of hydrogen-bond acceptors (Lipinski definition) is 4. The minimum atomic E-state index is -0.398. The molecule has 1 saturated heterocycles. The van der Waals surface area contributed by atoms with Crippen LogP contribution < -0.4 is 10.6 Å². The molecule has 2 aromatic carbocycles. The topological polar surface area (TPSA) is 81.8 Å². The van der Waals surface area contributed by atoms with Gasteiger partial charge in [-0.2, -0.15) is 0 Å². The summed E-state index contributed by atoms with van der Waals surface area (Å²) in [5.74, 6) is -0.781. The highest BCUT2D eigenvalue weighted by Crippen LogP contribution is 2.27. The number of piperazine rings is 1. The Balaban J connectivity index is 1.19. The molecule has 0 spiro atoms. The molecule has 0 radical (unpaired) electrons. The van der Waals surface area contributed by atoms with Crippen molar-refractivity contribution in [2.75, 3.05) is 43.4 Å². The van der Waals surface area contributed by atoms with E-state index >= 15 is 0 Å². The van der Waals surface area contributed by atoms with E-state index in [-0.39, 0.29) is 30.2 Å². The van der Waals surface area contributed by atoms with E-state index in [1.54, 1.807) is 17.0 Å². The van der Waals surface area contributed by atoms with Gasteiger partial charge in [-0.1, -0.05) is 24.3 Å². The van der Waals surface area contributed by atoms with Crippen LogP contribution >= 0.6 is 0 Å². The molecule has 8 heteroatoms. The molecule has 0 unspecified atom stereocenters. The van der Waals surface area contributed by atoms with Crippen LogP contribution in [0, 0.1) is 11.7 Å². The fourth-order valence-electron chi connectivity index (χ4n) is 4.23. The summed E-state index contributed by atoms with van der Waals surface area (Å²) < 4.78 is 13.2. The standard InChI is InChI=1S/C24H27FN4O3/c25-19-5-3-6-20(15-19)26-22(30)16-28-10-12-29(13-11-28)23(31)9-8-18-14-17-4-1-2-7-21(17)27-24(18)32/h1-7,15,18H,8-14,16H2,(H,26,30)(H,27,32)/t18-/m1/s1. The lowest BCUT2D eigenvalue weighted by molar-refractivity contribution is -0.133. The quantitative estimate of drug-likeness (QED) is 0.726. The van der Waals surface area contributed by atoms with Gasteiger partial charge < -0.3 is 15.5 Å². The summed E-state index contributed by atoms with van der Waals surface area (Å²) in [7, 11) is 0. The van der Waals surface area contributed by atoms with Crippen molar-refractivity contribution in [1.82, 2.24) is 9.80 Å². The van der Waals surface area contributed by atoms with Gasteiger partial charge in [0.2, 0.25) is 17.7 Å². The van der Waals surface area contributed by atoms with E-state index in [1.165, 1.54) is 12.1 Å². The smallest absolute Gasteiger partial charge is 0.238 e. The van der Waals surface area contributed by atoms with Crippen molar-refractivity contribution in [3.63, 3.8) is 0 Å². The van der Waals surface area contributed by atoms with Crippen LogP contribution in [-0.2, 0) is 20.8 Å². The number of anilines is 2. The molecule has 2 N–H and O–H groups in total. The summed E-state index contributed by atoms with van der Waals surface area (Å²) in [4.78, 5) is 41.0. The molecule has 3 amide bonds. The van der Waals surface area contributed by atoms with Crippen LogP contribution in [-0.4, -0.2) is 60.2 Å². The molecule has 168 valence electrons. The van der Waals surface area contributed by atoms with E-state index in [4.69, 9.17) is 0 Å².